The van der Waals surface area contributed by atoms with Crippen LogP contribution in [0.1, 0.15) is 6.42 Å². The zero-order chi connectivity index (χ0) is 14.7. The molecule has 0 bridgehead atoms. The van der Waals surface area contributed by atoms with E-state index in [0.717, 1.165) is 9.54 Å². The number of hydrogen-bond acceptors (Lipinski definition) is 4. The lowest BCUT2D eigenvalue weighted by molar-refractivity contribution is -0.168. The van der Waals surface area contributed by atoms with Crippen LogP contribution in [-0.4, -0.2) is 34.7 Å². The van der Waals surface area contributed by atoms with Crippen LogP contribution in [-0.2, 0) is 16.2 Å². The van der Waals surface area contributed by atoms with Crippen LogP contribution in [0.2, 0.25) is 0 Å². The van der Waals surface area contributed by atoms with Crippen LogP contribution < -0.4 is 5.56 Å². The minimum atomic E-state index is -0.200. The molecule has 2 aromatic rings. The van der Waals surface area contributed by atoms with Gasteiger partial charge in [0.05, 0.1) is 24.3 Å². The molecule has 1 amide bonds. The minimum Gasteiger partial charge on any atom is -0.298 e. The smallest absolute Gasteiger partial charge is 0.261 e. The molecule has 0 unspecified atom stereocenters. The van der Waals surface area contributed by atoms with Gasteiger partial charge in [-0.2, -0.15) is 0 Å². The highest BCUT2D eigenvalue weighted by atomic mass is 79.9. The first kappa shape index (κ1) is 14.7. The summed E-state index contributed by atoms with van der Waals surface area (Å²) in [6.45, 7) is 0.265. The van der Waals surface area contributed by atoms with Gasteiger partial charge >= 0.3 is 0 Å². The molecule has 6 nitrogen and oxygen atoms in total. The molecular formula is C13H14BrN3O3. The van der Waals surface area contributed by atoms with Gasteiger partial charge in [0.25, 0.3) is 5.56 Å². The van der Waals surface area contributed by atoms with Crippen LogP contribution in [0.15, 0.2) is 33.8 Å². The van der Waals surface area contributed by atoms with Gasteiger partial charge in [-0.05, 0) is 18.2 Å². The normalized spacial score (nSPS) is 10.8. The van der Waals surface area contributed by atoms with Crippen LogP contribution in [0.25, 0.3) is 10.9 Å². The van der Waals surface area contributed by atoms with E-state index in [4.69, 9.17) is 4.84 Å². The maximum absolute atomic E-state index is 12.3. The highest BCUT2D eigenvalue weighted by molar-refractivity contribution is 9.10. The Kier molecular flexibility index (Phi) is 4.51. The van der Waals surface area contributed by atoms with Crippen molar-refractivity contribution in [3.63, 3.8) is 0 Å². The molecule has 0 N–H and O–H groups in total. The summed E-state index contributed by atoms with van der Waals surface area (Å²) in [6, 6.07) is 5.33. The minimum absolute atomic E-state index is 0.163. The second-order valence-electron chi connectivity index (χ2n) is 4.23. The van der Waals surface area contributed by atoms with Gasteiger partial charge in [-0.1, -0.05) is 15.9 Å². The lowest BCUT2D eigenvalue weighted by Crippen LogP contribution is -2.28. The predicted octanol–water partition coefficient (Wildman–Crippen LogP) is 1.57. The Balaban J connectivity index is 2.25. The van der Waals surface area contributed by atoms with Gasteiger partial charge < -0.3 is 0 Å². The zero-order valence-electron chi connectivity index (χ0n) is 11.2. The second-order valence-corrected chi connectivity index (χ2v) is 5.14. The summed E-state index contributed by atoms with van der Waals surface area (Å²) >= 11 is 3.33. The zero-order valence-corrected chi connectivity index (χ0v) is 12.8. The maximum atomic E-state index is 12.3. The Morgan fingerprint density at radius 1 is 1.50 bits per heavy atom. The summed E-state index contributed by atoms with van der Waals surface area (Å²) in [5.41, 5.74) is 0.471. The largest absolute Gasteiger partial charge is 0.298 e. The van der Waals surface area contributed by atoms with Crippen LogP contribution in [0.3, 0.4) is 0 Å². The molecule has 106 valence electrons. The van der Waals surface area contributed by atoms with E-state index in [2.05, 4.69) is 20.9 Å². The van der Waals surface area contributed by atoms with Gasteiger partial charge in [0.1, 0.15) is 0 Å². The second kappa shape index (κ2) is 6.15. The summed E-state index contributed by atoms with van der Waals surface area (Å²) in [5, 5.41) is 1.66. The summed E-state index contributed by atoms with van der Waals surface area (Å²) in [5.74, 6) is -0.200. The molecule has 7 heteroatoms. The predicted molar refractivity (Wildman–Crippen MR) is 78.1 cm³/mol. The third-order valence-corrected chi connectivity index (χ3v) is 3.47. The molecule has 0 aliphatic carbocycles. The Hall–Kier alpha value is -1.73. The number of carbonyl (C=O) groups excluding carboxylic acids is 1. The van der Waals surface area contributed by atoms with Crippen LogP contribution >= 0.6 is 15.9 Å². The van der Waals surface area contributed by atoms with E-state index in [1.54, 1.807) is 12.1 Å². The fourth-order valence-electron chi connectivity index (χ4n) is 1.77. The summed E-state index contributed by atoms with van der Waals surface area (Å²) < 4.78 is 2.24. The number of benzene rings is 1. The van der Waals surface area contributed by atoms with Gasteiger partial charge in [0.2, 0.25) is 5.91 Å². The molecule has 1 aromatic heterocycles. The van der Waals surface area contributed by atoms with Gasteiger partial charge in [-0.3, -0.25) is 19.0 Å². The van der Waals surface area contributed by atoms with Crippen molar-refractivity contribution < 1.29 is 9.63 Å². The number of rotatable bonds is 4. The van der Waals surface area contributed by atoms with E-state index in [1.807, 2.05) is 6.07 Å². The summed E-state index contributed by atoms with van der Waals surface area (Å²) in [7, 11) is 2.94. The molecule has 0 aliphatic rings. The van der Waals surface area contributed by atoms with Crippen molar-refractivity contribution >= 4 is 32.7 Å². The molecule has 0 saturated carbocycles. The number of carbonyl (C=O) groups is 1. The van der Waals surface area contributed by atoms with Gasteiger partial charge in [-0.15, -0.1) is 0 Å². The Morgan fingerprint density at radius 3 is 2.95 bits per heavy atom. The van der Waals surface area contributed by atoms with Crippen molar-refractivity contribution in [3.8, 4) is 0 Å². The highest BCUT2D eigenvalue weighted by Crippen LogP contribution is 2.14. The van der Waals surface area contributed by atoms with E-state index in [1.165, 1.54) is 25.1 Å². The molecule has 1 heterocycles. The van der Waals surface area contributed by atoms with E-state index in [9.17, 15) is 9.59 Å². The average molecular weight is 340 g/mol. The SMILES string of the molecule is CON(C)C(=O)CCn1cnc2ccc(Br)cc2c1=O. The number of hydrogen-bond donors (Lipinski definition) is 0. The van der Waals surface area contributed by atoms with Crippen molar-refractivity contribution in [1.29, 1.82) is 0 Å². The van der Waals surface area contributed by atoms with Crippen LogP contribution in [0.4, 0.5) is 0 Å². The number of aryl methyl sites for hydroxylation is 1. The molecule has 0 saturated heterocycles. The van der Waals surface area contributed by atoms with Crippen molar-refractivity contribution in [3.05, 3.63) is 39.4 Å². The highest BCUT2D eigenvalue weighted by Gasteiger charge is 2.10. The van der Waals surface area contributed by atoms with Crippen molar-refractivity contribution in [2.24, 2.45) is 0 Å². The molecule has 20 heavy (non-hydrogen) atoms. The Bertz CT molecular complexity index is 699. The standard InChI is InChI=1S/C13H14BrN3O3/c1-16(20-2)12(18)5-6-17-8-15-11-4-3-9(14)7-10(11)13(17)19/h3-4,7-8H,5-6H2,1-2H3. The van der Waals surface area contributed by atoms with E-state index < -0.39 is 0 Å². The van der Waals surface area contributed by atoms with Gasteiger partial charge in [-0.25, -0.2) is 10.0 Å². The molecular weight excluding hydrogens is 326 g/mol. The number of hydroxylamine groups is 2. The van der Waals surface area contributed by atoms with Crippen LogP contribution in [0.5, 0.6) is 0 Å². The van der Waals surface area contributed by atoms with Gasteiger partial charge in [0, 0.05) is 24.5 Å². The van der Waals surface area contributed by atoms with Crippen molar-refractivity contribution in [2.75, 3.05) is 14.2 Å². The number of fused-ring (bicyclic) bond motifs is 1. The molecule has 0 fully saturated rings. The average Bonchev–Trinajstić information content (AvgIpc) is 2.46. The Morgan fingerprint density at radius 2 is 2.25 bits per heavy atom. The summed E-state index contributed by atoms with van der Waals surface area (Å²) in [4.78, 5) is 32.9. The first-order valence-corrected chi connectivity index (χ1v) is 6.77. The van der Waals surface area contributed by atoms with E-state index in [0.29, 0.717) is 10.9 Å². The quantitative estimate of drug-likeness (QED) is 0.793. The Labute approximate surface area is 124 Å². The monoisotopic (exact) mass is 339 g/mol. The maximum Gasteiger partial charge on any atom is 0.261 e. The molecule has 2 rings (SSSR count). The number of halogens is 1. The lowest BCUT2D eigenvalue weighted by atomic mass is 10.2. The van der Waals surface area contributed by atoms with Crippen molar-refractivity contribution in [1.82, 2.24) is 14.6 Å². The van der Waals surface area contributed by atoms with E-state index >= 15 is 0 Å². The van der Waals surface area contributed by atoms with E-state index in [-0.39, 0.29) is 24.4 Å². The lowest BCUT2D eigenvalue weighted by Gasteiger charge is -2.13. The first-order valence-electron chi connectivity index (χ1n) is 5.98. The molecule has 0 spiro atoms. The van der Waals surface area contributed by atoms with Crippen LogP contribution in [0, 0.1) is 0 Å². The number of aromatic nitrogens is 2. The molecule has 0 radical (unpaired) electrons. The molecule has 0 atom stereocenters. The fraction of sp³-hybridized carbons (Fsp3) is 0.308. The third kappa shape index (κ3) is 3.05. The fourth-order valence-corrected chi connectivity index (χ4v) is 2.13. The number of amides is 1. The van der Waals surface area contributed by atoms with Gasteiger partial charge in [0.15, 0.2) is 0 Å². The topological polar surface area (TPSA) is 64.4 Å². The third-order valence-electron chi connectivity index (χ3n) is 2.98. The molecule has 1 aromatic carbocycles. The first-order chi connectivity index (χ1) is 9.52. The number of nitrogens with zero attached hydrogens (tertiary/aromatic N) is 3. The molecule has 0 aliphatic heterocycles. The summed E-state index contributed by atoms with van der Waals surface area (Å²) in [6.07, 6.45) is 1.63. The van der Waals surface area contributed by atoms with Crippen molar-refractivity contribution in [2.45, 2.75) is 13.0 Å².